The molecule has 1 heterocycles. The number of fused-ring (bicyclic) bond motifs is 1. The van der Waals surface area contributed by atoms with E-state index in [1.807, 2.05) is 30.3 Å². The highest BCUT2D eigenvalue weighted by atomic mass is 16.3. The molecule has 1 N–H and O–H groups in total. The predicted molar refractivity (Wildman–Crippen MR) is 59.4 cm³/mol. The summed E-state index contributed by atoms with van der Waals surface area (Å²) in [5.74, 6) is 0.468. The van der Waals surface area contributed by atoms with E-state index in [0.717, 1.165) is 29.3 Å². The van der Waals surface area contributed by atoms with Crippen molar-refractivity contribution in [2.45, 2.75) is 18.9 Å². The number of benzene rings is 1. The van der Waals surface area contributed by atoms with Gasteiger partial charge < -0.3 is 5.11 Å². The Bertz CT molecular complexity index is 485. The first kappa shape index (κ1) is 8.86. The van der Waals surface area contributed by atoms with Crippen LogP contribution < -0.4 is 0 Å². The Hall–Kier alpha value is -1.41. The molecule has 1 aromatic carbocycles. The van der Waals surface area contributed by atoms with Crippen LogP contribution in [0.15, 0.2) is 36.5 Å². The summed E-state index contributed by atoms with van der Waals surface area (Å²) >= 11 is 0. The van der Waals surface area contributed by atoms with E-state index in [2.05, 4.69) is 4.98 Å². The van der Waals surface area contributed by atoms with E-state index in [1.54, 1.807) is 6.20 Å². The van der Waals surface area contributed by atoms with Crippen LogP contribution in [-0.2, 0) is 0 Å². The largest absolute Gasteiger partial charge is 0.388 e. The third-order valence-corrected chi connectivity index (χ3v) is 3.07. The first-order valence-electron chi connectivity index (χ1n) is 5.38. The Kier molecular flexibility index (Phi) is 1.96. The highest BCUT2D eigenvalue weighted by Gasteiger charge is 2.31. The van der Waals surface area contributed by atoms with Crippen LogP contribution in [0.5, 0.6) is 0 Å². The standard InChI is InChI=1S/C13H13NO/c15-13(9-5-6-9)11-7-8-14-12-4-2-1-3-10(11)12/h1-4,7-9,13,15H,5-6H2. The Labute approximate surface area is 88.6 Å². The van der Waals surface area contributed by atoms with Gasteiger partial charge in [0.15, 0.2) is 0 Å². The summed E-state index contributed by atoms with van der Waals surface area (Å²) in [5.41, 5.74) is 2.00. The van der Waals surface area contributed by atoms with E-state index in [1.165, 1.54) is 0 Å². The van der Waals surface area contributed by atoms with Gasteiger partial charge in [-0.15, -0.1) is 0 Å². The SMILES string of the molecule is OC(c1ccnc2ccccc12)C1CC1. The van der Waals surface area contributed by atoms with Crippen LogP contribution in [0.1, 0.15) is 24.5 Å². The molecular formula is C13H13NO. The zero-order valence-corrected chi connectivity index (χ0v) is 8.43. The predicted octanol–water partition coefficient (Wildman–Crippen LogP) is 2.68. The van der Waals surface area contributed by atoms with Gasteiger partial charge in [-0.3, -0.25) is 4.98 Å². The number of aliphatic hydroxyl groups excluding tert-OH is 1. The quantitative estimate of drug-likeness (QED) is 0.806. The third-order valence-electron chi connectivity index (χ3n) is 3.07. The first-order valence-corrected chi connectivity index (χ1v) is 5.38. The van der Waals surface area contributed by atoms with Crippen LogP contribution in [0.2, 0.25) is 0 Å². The van der Waals surface area contributed by atoms with E-state index in [-0.39, 0.29) is 6.10 Å². The van der Waals surface area contributed by atoms with Crippen molar-refractivity contribution in [2.75, 3.05) is 0 Å². The second kappa shape index (κ2) is 3.31. The molecule has 1 aliphatic carbocycles. The molecule has 1 aliphatic rings. The number of nitrogens with zero attached hydrogens (tertiary/aromatic N) is 1. The molecule has 3 rings (SSSR count). The van der Waals surface area contributed by atoms with Gasteiger partial charge in [-0.2, -0.15) is 0 Å². The van der Waals surface area contributed by atoms with Gasteiger partial charge in [0.2, 0.25) is 0 Å². The monoisotopic (exact) mass is 199 g/mol. The molecule has 0 amide bonds. The van der Waals surface area contributed by atoms with Gasteiger partial charge in [-0.1, -0.05) is 18.2 Å². The van der Waals surface area contributed by atoms with Crippen molar-refractivity contribution in [1.82, 2.24) is 4.98 Å². The normalized spacial score (nSPS) is 17.9. The van der Waals surface area contributed by atoms with Crippen LogP contribution in [0.3, 0.4) is 0 Å². The summed E-state index contributed by atoms with van der Waals surface area (Å²) in [6.45, 7) is 0. The maximum absolute atomic E-state index is 10.1. The first-order chi connectivity index (χ1) is 7.36. The Morgan fingerprint density at radius 1 is 1.20 bits per heavy atom. The molecule has 76 valence electrons. The second-order valence-electron chi connectivity index (χ2n) is 4.20. The minimum atomic E-state index is -0.308. The van der Waals surface area contributed by atoms with Gasteiger partial charge in [0.25, 0.3) is 0 Å². The van der Waals surface area contributed by atoms with Crippen molar-refractivity contribution in [1.29, 1.82) is 0 Å². The number of para-hydroxylation sites is 1. The number of aromatic nitrogens is 1. The van der Waals surface area contributed by atoms with Crippen molar-refractivity contribution < 1.29 is 5.11 Å². The van der Waals surface area contributed by atoms with Crippen LogP contribution in [0, 0.1) is 5.92 Å². The molecule has 0 radical (unpaired) electrons. The van der Waals surface area contributed by atoms with Gasteiger partial charge in [0.05, 0.1) is 11.6 Å². The van der Waals surface area contributed by atoms with Crippen LogP contribution in [-0.4, -0.2) is 10.1 Å². The lowest BCUT2D eigenvalue weighted by atomic mass is 10.0. The highest BCUT2D eigenvalue weighted by Crippen LogP contribution is 2.42. The number of rotatable bonds is 2. The van der Waals surface area contributed by atoms with Gasteiger partial charge in [0, 0.05) is 11.6 Å². The molecule has 0 spiro atoms. The van der Waals surface area contributed by atoms with E-state index in [4.69, 9.17) is 0 Å². The van der Waals surface area contributed by atoms with Crippen molar-refractivity contribution in [3.05, 3.63) is 42.1 Å². The molecule has 0 saturated heterocycles. The maximum atomic E-state index is 10.1. The summed E-state index contributed by atoms with van der Waals surface area (Å²) in [7, 11) is 0. The minimum absolute atomic E-state index is 0.308. The summed E-state index contributed by atoms with van der Waals surface area (Å²) in [6, 6.07) is 9.92. The minimum Gasteiger partial charge on any atom is -0.388 e. The molecule has 2 heteroatoms. The number of hydrogen-bond donors (Lipinski definition) is 1. The zero-order valence-electron chi connectivity index (χ0n) is 8.43. The topological polar surface area (TPSA) is 33.1 Å². The Morgan fingerprint density at radius 2 is 2.00 bits per heavy atom. The van der Waals surface area contributed by atoms with Crippen molar-refractivity contribution in [3.8, 4) is 0 Å². The fourth-order valence-electron chi connectivity index (χ4n) is 2.04. The van der Waals surface area contributed by atoms with Crippen molar-refractivity contribution >= 4 is 10.9 Å². The fraction of sp³-hybridized carbons (Fsp3) is 0.308. The second-order valence-corrected chi connectivity index (χ2v) is 4.20. The molecule has 0 aliphatic heterocycles. The number of hydrogen-bond acceptors (Lipinski definition) is 2. The summed E-state index contributed by atoms with van der Waals surface area (Å²) in [5, 5.41) is 11.2. The van der Waals surface area contributed by atoms with Crippen LogP contribution in [0.4, 0.5) is 0 Å². The average Bonchev–Trinajstić information content (AvgIpc) is 3.11. The third kappa shape index (κ3) is 1.51. The van der Waals surface area contributed by atoms with Crippen LogP contribution >= 0.6 is 0 Å². The lowest BCUT2D eigenvalue weighted by Crippen LogP contribution is -2.00. The Balaban J connectivity index is 2.16. The molecule has 0 bridgehead atoms. The van der Waals surface area contributed by atoms with E-state index < -0.39 is 0 Å². The molecule has 1 atom stereocenters. The molecule has 15 heavy (non-hydrogen) atoms. The summed E-state index contributed by atoms with van der Waals surface area (Å²) in [4.78, 5) is 4.29. The lowest BCUT2D eigenvalue weighted by molar-refractivity contribution is 0.155. The lowest BCUT2D eigenvalue weighted by Gasteiger charge is -2.11. The molecular weight excluding hydrogens is 186 g/mol. The van der Waals surface area contributed by atoms with Crippen molar-refractivity contribution in [3.63, 3.8) is 0 Å². The fourth-order valence-corrected chi connectivity index (χ4v) is 2.04. The van der Waals surface area contributed by atoms with Gasteiger partial charge in [-0.25, -0.2) is 0 Å². The van der Waals surface area contributed by atoms with Gasteiger partial charge in [0.1, 0.15) is 0 Å². The molecule has 2 aromatic rings. The summed E-state index contributed by atoms with van der Waals surface area (Å²) in [6.07, 6.45) is 3.77. The molecule has 1 saturated carbocycles. The average molecular weight is 199 g/mol. The zero-order chi connectivity index (χ0) is 10.3. The smallest absolute Gasteiger partial charge is 0.0825 e. The molecule has 1 aromatic heterocycles. The van der Waals surface area contributed by atoms with Gasteiger partial charge >= 0.3 is 0 Å². The summed E-state index contributed by atoms with van der Waals surface area (Å²) < 4.78 is 0. The maximum Gasteiger partial charge on any atom is 0.0825 e. The molecule has 1 fully saturated rings. The van der Waals surface area contributed by atoms with E-state index >= 15 is 0 Å². The number of aliphatic hydroxyl groups is 1. The molecule has 2 nitrogen and oxygen atoms in total. The number of pyridine rings is 1. The highest BCUT2D eigenvalue weighted by molar-refractivity contribution is 5.82. The van der Waals surface area contributed by atoms with Crippen LogP contribution in [0.25, 0.3) is 10.9 Å². The Morgan fingerprint density at radius 3 is 2.80 bits per heavy atom. The van der Waals surface area contributed by atoms with E-state index in [9.17, 15) is 5.11 Å². The van der Waals surface area contributed by atoms with Crippen molar-refractivity contribution in [2.24, 2.45) is 5.92 Å². The van der Waals surface area contributed by atoms with E-state index in [0.29, 0.717) is 5.92 Å². The van der Waals surface area contributed by atoms with Gasteiger partial charge in [-0.05, 0) is 36.5 Å². The molecule has 1 unspecified atom stereocenters.